The summed E-state index contributed by atoms with van der Waals surface area (Å²) in [5, 5.41) is 1.32. The largest absolute Gasteiger partial charge is 1.00 e. The SMILES string of the molecule is CC1=CC[C]([Hf+2][CH]2C(n3ccc4ccccc43)=Cc3ccccc32)=C1C.[Cl-].[Cl-]. The second kappa shape index (κ2) is 8.57. The molecule has 4 heteroatoms. The van der Waals surface area contributed by atoms with E-state index in [1.54, 1.807) is 14.5 Å². The molecule has 5 rings (SSSR count). The number of aromatic nitrogens is 1. The number of rotatable bonds is 3. The van der Waals surface area contributed by atoms with Gasteiger partial charge in [0, 0.05) is 0 Å². The first-order valence-corrected chi connectivity index (χ1v) is 13.1. The van der Waals surface area contributed by atoms with Crippen LogP contribution < -0.4 is 24.8 Å². The molecule has 28 heavy (non-hydrogen) atoms. The summed E-state index contributed by atoms with van der Waals surface area (Å²) in [7, 11) is 0. The van der Waals surface area contributed by atoms with Gasteiger partial charge in [-0.3, -0.25) is 0 Å². The summed E-state index contributed by atoms with van der Waals surface area (Å²) in [6.45, 7) is 4.60. The van der Waals surface area contributed by atoms with Gasteiger partial charge in [-0.2, -0.15) is 0 Å². The molecular weight excluding hydrogens is 552 g/mol. The molecule has 140 valence electrons. The molecule has 0 saturated carbocycles. The van der Waals surface area contributed by atoms with E-state index in [0.717, 1.165) is 0 Å². The summed E-state index contributed by atoms with van der Waals surface area (Å²) < 4.78 is 4.84. The summed E-state index contributed by atoms with van der Waals surface area (Å²) in [5.74, 6) is 0. The van der Waals surface area contributed by atoms with Crippen molar-refractivity contribution >= 4 is 22.7 Å². The minimum Gasteiger partial charge on any atom is -1.00 e. The first-order valence-electron chi connectivity index (χ1n) is 9.23. The van der Waals surface area contributed by atoms with Crippen LogP contribution in [-0.4, -0.2) is 4.57 Å². The quantitative estimate of drug-likeness (QED) is 0.401. The molecule has 0 amide bonds. The molecule has 1 aromatic heterocycles. The number of benzene rings is 2. The van der Waals surface area contributed by atoms with Crippen LogP contribution in [0.5, 0.6) is 0 Å². The fourth-order valence-corrected chi connectivity index (χ4v) is 10.5. The van der Waals surface area contributed by atoms with Gasteiger partial charge < -0.3 is 24.8 Å². The average Bonchev–Trinajstić information content (AvgIpc) is 3.34. The Morgan fingerprint density at radius 2 is 1.68 bits per heavy atom. The van der Waals surface area contributed by atoms with Gasteiger partial charge in [0.1, 0.15) is 0 Å². The Morgan fingerprint density at radius 1 is 0.929 bits per heavy atom. The van der Waals surface area contributed by atoms with Gasteiger partial charge >= 0.3 is 167 Å². The van der Waals surface area contributed by atoms with Crippen molar-refractivity contribution in [2.75, 3.05) is 0 Å². The molecule has 2 aliphatic rings. The fraction of sp³-hybridized carbons (Fsp3) is 0.167. The molecule has 1 nitrogen and oxygen atoms in total. The van der Waals surface area contributed by atoms with E-state index in [1.807, 2.05) is 0 Å². The van der Waals surface area contributed by atoms with Gasteiger partial charge in [-0.25, -0.2) is 0 Å². The minimum atomic E-state index is -1.03. The average molecular weight is 573 g/mol. The van der Waals surface area contributed by atoms with Crippen LogP contribution in [0.25, 0.3) is 22.7 Å². The first-order chi connectivity index (χ1) is 12.7. The van der Waals surface area contributed by atoms with Crippen molar-refractivity contribution in [2.45, 2.75) is 23.9 Å². The summed E-state index contributed by atoms with van der Waals surface area (Å²) in [6.07, 6.45) is 8.31. The smallest absolute Gasteiger partial charge is 1.00 e. The third kappa shape index (κ3) is 3.51. The summed E-state index contributed by atoms with van der Waals surface area (Å²) in [4.78, 5) is 0. The maximum absolute atomic E-state index is 2.44. The third-order valence-corrected chi connectivity index (χ3v) is 12.3. The van der Waals surface area contributed by atoms with Gasteiger partial charge in [0.05, 0.1) is 0 Å². The van der Waals surface area contributed by atoms with Crippen molar-refractivity contribution in [3.8, 4) is 0 Å². The van der Waals surface area contributed by atoms with E-state index in [4.69, 9.17) is 0 Å². The van der Waals surface area contributed by atoms with Crippen LogP contribution in [0.3, 0.4) is 0 Å². The number of hydrogen-bond acceptors (Lipinski definition) is 0. The molecule has 0 bridgehead atoms. The van der Waals surface area contributed by atoms with Crippen molar-refractivity contribution in [1.82, 2.24) is 4.57 Å². The van der Waals surface area contributed by atoms with Gasteiger partial charge in [0.15, 0.2) is 0 Å². The Kier molecular flexibility index (Phi) is 6.54. The second-order valence-electron chi connectivity index (χ2n) is 7.21. The zero-order valence-corrected chi connectivity index (χ0v) is 21.0. The summed E-state index contributed by atoms with van der Waals surface area (Å²) >= 11 is -1.03. The van der Waals surface area contributed by atoms with Crippen molar-refractivity contribution in [3.63, 3.8) is 0 Å². The Bertz CT molecular complexity index is 1120. The number of nitrogens with zero attached hydrogens (tertiary/aromatic N) is 1. The predicted molar refractivity (Wildman–Crippen MR) is 106 cm³/mol. The normalized spacial score (nSPS) is 17.4. The van der Waals surface area contributed by atoms with Crippen molar-refractivity contribution in [1.29, 1.82) is 0 Å². The predicted octanol–water partition coefficient (Wildman–Crippen LogP) is 0.409. The summed E-state index contributed by atoms with van der Waals surface area (Å²) in [6, 6.07) is 20.0. The molecule has 0 spiro atoms. The van der Waals surface area contributed by atoms with Crippen LogP contribution in [0.4, 0.5) is 0 Å². The number of fused-ring (bicyclic) bond motifs is 2. The van der Waals surface area contributed by atoms with Crippen molar-refractivity contribution in [2.24, 2.45) is 0 Å². The standard InChI is InChI=1S/C17H12N.C7H9.2ClH.Hf/c1-2-7-15-12-16(11-14(15)6-1)18-10-9-13-5-3-4-8-17(13)18;1-6-4-3-5-7(6)2;;;/h1-12H;4H,3H2,1-2H3;2*1H;/q;;;;+2/p-2. The Balaban J connectivity index is 0.00000112. The maximum atomic E-state index is 2.44. The number of halogens is 2. The van der Waals surface area contributed by atoms with Crippen molar-refractivity contribution in [3.05, 3.63) is 92.5 Å². The maximum Gasteiger partial charge on any atom is -1.00 e. The van der Waals surface area contributed by atoms with Crippen LogP contribution in [0.15, 0.2) is 81.3 Å². The molecule has 1 heterocycles. The molecule has 0 fully saturated rings. The Morgan fingerprint density at radius 3 is 2.46 bits per heavy atom. The first kappa shape index (κ1) is 21.4. The van der Waals surface area contributed by atoms with Gasteiger partial charge in [-0.1, -0.05) is 0 Å². The molecule has 1 unspecified atom stereocenters. The molecular formula is C24H21Cl2HfN. The van der Waals surface area contributed by atoms with Gasteiger partial charge in [-0.05, 0) is 0 Å². The van der Waals surface area contributed by atoms with Crippen molar-refractivity contribution < 1.29 is 47.7 Å². The molecule has 0 saturated heterocycles. The van der Waals surface area contributed by atoms with E-state index in [0.29, 0.717) is 3.67 Å². The van der Waals surface area contributed by atoms with Crippen LogP contribution >= 0.6 is 0 Å². The van der Waals surface area contributed by atoms with Gasteiger partial charge in [0.25, 0.3) is 0 Å². The topological polar surface area (TPSA) is 4.93 Å². The zero-order chi connectivity index (χ0) is 17.7. The molecule has 0 N–H and O–H groups in total. The number of para-hydroxylation sites is 1. The molecule has 0 radical (unpaired) electrons. The Hall–Kier alpha value is -1.35. The van der Waals surface area contributed by atoms with E-state index < -0.39 is 22.9 Å². The minimum absolute atomic E-state index is 0. The monoisotopic (exact) mass is 573 g/mol. The van der Waals surface area contributed by atoms with E-state index in [-0.39, 0.29) is 24.8 Å². The Labute approximate surface area is 190 Å². The third-order valence-electron chi connectivity index (χ3n) is 5.76. The zero-order valence-electron chi connectivity index (χ0n) is 15.9. The number of hydrogen-bond donors (Lipinski definition) is 0. The van der Waals surface area contributed by atoms with Crippen LogP contribution in [0.1, 0.15) is 35.1 Å². The second-order valence-corrected chi connectivity index (χ2v) is 12.5. The summed E-state index contributed by atoms with van der Waals surface area (Å²) in [5.41, 5.74) is 8.85. The van der Waals surface area contributed by atoms with E-state index in [9.17, 15) is 0 Å². The van der Waals surface area contributed by atoms with E-state index in [2.05, 4.69) is 91.4 Å². The molecule has 0 aliphatic heterocycles. The molecule has 2 aliphatic carbocycles. The van der Waals surface area contributed by atoms with Gasteiger partial charge in [0.2, 0.25) is 0 Å². The van der Waals surface area contributed by atoms with Gasteiger partial charge in [-0.15, -0.1) is 0 Å². The van der Waals surface area contributed by atoms with Crippen LogP contribution in [-0.2, 0) is 22.9 Å². The molecule has 2 aromatic carbocycles. The molecule has 1 atom stereocenters. The van der Waals surface area contributed by atoms with Crippen LogP contribution in [0.2, 0.25) is 0 Å². The van der Waals surface area contributed by atoms with E-state index in [1.165, 1.54) is 34.2 Å². The molecule has 3 aromatic rings. The van der Waals surface area contributed by atoms with Crippen LogP contribution in [0, 0.1) is 0 Å². The fourth-order valence-electron chi connectivity index (χ4n) is 4.12. The number of allylic oxidation sites excluding steroid dienone is 5. The van der Waals surface area contributed by atoms with E-state index >= 15 is 0 Å².